The fourth-order valence-corrected chi connectivity index (χ4v) is 2.29. The van der Waals surface area contributed by atoms with Gasteiger partial charge < -0.3 is 25.4 Å². The number of methoxy groups -OCH3 is 2. The zero-order chi connectivity index (χ0) is 18.9. The summed E-state index contributed by atoms with van der Waals surface area (Å²) in [4.78, 5) is 23.8. The van der Waals surface area contributed by atoms with Gasteiger partial charge in [-0.3, -0.25) is 4.79 Å². The van der Waals surface area contributed by atoms with E-state index < -0.39 is 6.03 Å². The first-order valence-electron chi connectivity index (χ1n) is 8.10. The number of carbonyl (C=O) groups is 2. The Balaban J connectivity index is 1.79. The molecule has 0 aliphatic heterocycles. The van der Waals surface area contributed by atoms with Crippen LogP contribution in [0.2, 0.25) is 0 Å². The van der Waals surface area contributed by atoms with E-state index in [1.54, 1.807) is 38.5 Å². The van der Waals surface area contributed by atoms with E-state index in [9.17, 15) is 9.59 Å². The van der Waals surface area contributed by atoms with Crippen molar-refractivity contribution >= 4 is 17.6 Å². The number of aryl methyl sites for hydroxylation is 1. The molecule has 2 aromatic rings. The van der Waals surface area contributed by atoms with Gasteiger partial charge in [-0.25, -0.2) is 4.79 Å². The van der Waals surface area contributed by atoms with Crippen molar-refractivity contribution in [2.45, 2.75) is 13.5 Å². The van der Waals surface area contributed by atoms with Crippen molar-refractivity contribution in [3.63, 3.8) is 0 Å². The largest absolute Gasteiger partial charge is 0.497 e. The van der Waals surface area contributed by atoms with E-state index in [1.807, 2.05) is 25.1 Å². The molecule has 0 aliphatic rings. The molecule has 0 bridgehead atoms. The highest BCUT2D eigenvalue weighted by atomic mass is 16.5. The monoisotopic (exact) mass is 357 g/mol. The maximum absolute atomic E-state index is 11.9. The Labute approximate surface area is 152 Å². The molecule has 138 valence electrons. The van der Waals surface area contributed by atoms with Crippen molar-refractivity contribution in [2.75, 3.05) is 26.1 Å². The van der Waals surface area contributed by atoms with E-state index in [1.165, 1.54) is 0 Å². The average Bonchev–Trinajstić information content (AvgIpc) is 2.64. The van der Waals surface area contributed by atoms with Crippen LogP contribution in [-0.2, 0) is 11.3 Å². The number of carbonyl (C=O) groups excluding carboxylic acids is 2. The zero-order valence-corrected chi connectivity index (χ0v) is 15.1. The number of ether oxygens (including phenoxy) is 2. The number of amides is 3. The second-order valence-electron chi connectivity index (χ2n) is 5.67. The van der Waals surface area contributed by atoms with Crippen LogP contribution < -0.4 is 25.4 Å². The van der Waals surface area contributed by atoms with Crippen molar-refractivity contribution in [3.05, 3.63) is 53.6 Å². The number of hydrogen-bond acceptors (Lipinski definition) is 4. The molecule has 7 heteroatoms. The Morgan fingerprint density at radius 3 is 2.27 bits per heavy atom. The van der Waals surface area contributed by atoms with Gasteiger partial charge in [-0.1, -0.05) is 12.1 Å². The number of rotatable bonds is 7. The van der Waals surface area contributed by atoms with Gasteiger partial charge in [0.2, 0.25) is 5.91 Å². The van der Waals surface area contributed by atoms with Gasteiger partial charge in [-0.05, 0) is 42.3 Å². The van der Waals surface area contributed by atoms with Crippen molar-refractivity contribution in [1.29, 1.82) is 0 Å². The molecule has 2 aromatic carbocycles. The van der Waals surface area contributed by atoms with Gasteiger partial charge in [-0.15, -0.1) is 0 Å². The van der Waals surface area contributed by atoms with Gasteiger partial charge in [0.25, 0.3) is 0 Å². The van der Waals surface area contributed by atoms with E-state index in [0.29, 0.717) is 23.7 Å². The van der Waals surface area contributed by atoms with Crippen molar-refractivity contribution in [3.8, 4) is 11.5 Å². The lowest BCUT2D eigenvalue weighted by molar-refractivity contribution is -0.120. The Hall–Kier alpha value is -3.22. The molecule has 0 atom stereocenters. The average molecular weight is 357 g/mol. The van der Waals surface area contributed by atoms with Gasteiger partial charge in [0.15, 0.2) is 0 Å². The van der Waals surface area contributed by atoms with Crippen LogP contribution in [0.1, 0.15) is 11.1 Å². The van der Waals surface area contributed by atoms with Gasteiger partial charge in [-0.2, -0.15) is 0 Å². The van der Waals surface area contributed by atoms with Crippen LogP contribution in [0, 0.1) is 6.92 Å². The molecule has 0 saturated heterocycles. The summed E-state index contributed by atoms with van der Waals surface area (Å²) in [5.74, 6) is 0.986. The number of benzene rings is 2. The fraction of sp³-hybridized carbons (Fsp3) is 0.263. The zero-order valence-electron chi connectivity index (χ0n) is 15.1. The Kier molecular flexibility index (Phi) is 6.84. The first-order valence-corrected chi connectivity index (χ1v) is 8.10. The van der Waals surface area contributed by atoms with Crippen LogP contribution in [0.25, 0.3) is 0 Å². The SMILES string of the molecule is COc1cc(CNC(=O)CNC(=O)Nc2cccc(C)c2)cc(OC)c1. The summed E-state index contributed by atoms with van der Waals surface area (Å²) in [6, 6.07) is 12.3. The highest BCUT2D eigenvalue weighted by Gasteiger charge is 2.07. The molecule has 7 nitrogen and oxygen atoms in total. The minimum absolute atomic E-state index is 0.126. The molecule has 0 spiro atoms. The van der Waals surface area contributed by atoms with Crippen molar-refractivity contribution in [2.24, 2.45) is 0 Å². The van der Waals surface area contributed by atoms with Crippen LogP contribution >= 0.6 is 0 Å². The molecule has 0 unspecified atom stereocenters. The lowest BCUT2D eigenvalue weighted by atomic mass is 10.2. The number of hydrogen-bond donors (Lipinski definition) is 3. The number of urea groups is 1. The lowest BCUT2D eigenvalue weighted by Crippen LogP contribution is -2.38. The molecule has 0 heterocycles. The van der Waals surface area contributed by atoms with E-state index in [-0.39, 0.29) is 12.5 Å². The number of anilines is 1. The molecule has 0 aliphatic carbocycles. The molecule has 26 heavy (non-hydrogen) atoms. The first kappa shape index (κ1) is 19.1. The highest BCUT2D eigenvalue weighted by Crippen LogP contribution is 2.22. The van der Waals surface area contributed by atoms with Gasteiger partial charge in [0.1, 0.15) is 11.5 Å². The summed E-state index contributed by atoms with van der Waals surface area (Å²) in [5, 5.41) is 7.94. The summed E-state index contributed by atoms with van der Waals surface area (Å²) in [7, 11) is 3.13. The third-order valence-corrected chi connectivity index (χ3v) is 3.59. The van der Waals surface area contributed by atoms with E-state index in [2.05, 4.69) is 16.0 Å². The van der Waals surface area contributed by atoms with Crippen molar-refractivity contribution in [1.82, 2.24) is 10.6 Å². The quantitative estimate of drug-likeness (QED) is 0.710. The summed E-state index contributed by atoms with van der Waals surface area (Å²) < 4.78 is 10.4. The smallest absolute Gasteiger partial charge is 0.319 e. The van der Waals surface area contributed by atoms with Gasteiger partial charge in [0.05, 0.1) is 20.8 Å². The Morgan fingerprint density at radius 2 is 1.65 bits per heavy atom. The second-order valence-corrected chi connectivity index (χ2v) is 5.67. The minimum Gasteiger partial charge on any atom is -0.497 e. The first-order chi connectivity index (χ1) is 12.5. The Morgan fingerprint density at radius 1 is 0.962 bits per heavy atom. The summed E-state index contributed by atoms with van der Waals surface area (Å²) in [6.45, 7) is 2.11. The molecule has 0 fully saturated rings. The van der Waals surface area contributed by atoms with Crippen LogP contribution in [-0.4, -0.2) is 32.7 Å². The summed E-state index contributed by atoms with van der Waals surface area (Å²) in [5.41, 5.74) is 2.54. The molecule has 3 N–H and O–H groups in total. The predicted molar refractivity (Wildman–Crippen MR) is 99.6 cm³/mol. The fourth-order valence-electron chi connectivity index (χ4n) is 2.29. The van der Waals surface area contributed by atoms with Crippen LogP contribution in [0.5, 0.6) is 11.5 Å². The van der Waals surface area contributed by atoms with Gasteiger partial charge in [0, 0.05) is 18.3 Å². The van der Waals surface area contributed by atoms with E-state index in [4.69, 9.17) is 9.47 Å². The third kappa shape index (κ3) is 6.01. The Bertz CT molecular complexity index is 755. The summed E-state index contributed by atoms with van der Waals surface area (Å²) in [6.07, 6.45) is 0. The standard InChI is InChI=1S/C19H23N3O4/c1-13-5-4-6-15(7-13)22-19(24)21-12-18(23)20-11-14-8-16(25-2)10-17(9-14)26-3/h4-10H,11-12H2,1-3H3,(H,20,23)(H2,21,22,24). The molecule has 0 saturated carbocycles. The molecule has 2 rings (SSSR count). The van der Waals surface area contributed by atoms with E-state index >= 15 is 0 Å². The van der Waals surface area contributed by atoms with Crippen molar-refractivity contribution < 1.29 is 19.1 Å². The molecular formula is C19H23N3O4. The molecular weight excluding hydrogens is 334 g/mol. The van der Waals surface area contributed by atoms with Crippen LogP contribution in [0.3, 0.4) is 0 Å². The predicted octanol–water partition coefficient (Wildman–Crippen LogP) is 2.45. The van der Waals surface area contributed by atoms with Crippen LogP contribution in [0.15, 0.2) is 42.5 Å². The lowest BCUT2D eigenvalue weighted by Gasteiger charge is -2.11. The van der Waals surface area contributed by atoms with Crippen LogP contribution in [0.4, 0.5) is 10.5 Å². The summed E-state index contributed by atoms with van der Waals surface area (Å²) >= 11 is 0. The third-order valence-electron chi connectivity index (χ3n) is 3.59. The molecule has 3 amide bonds. The maximum atomic E-state index is 11.9. The second kappa shape index (κ2) is 9.31. The molecule has 0 aromatic heterocycles. The van der Waals surface area contributed by atoms with Gasteiger partial charge >= 0.3 is 6.03 Å². The minimum atomic E-state index is -0.436. The van der Waals surface area contributed by atoms with E-state index in [0.717, 1.165) is 11.1 Å². The topological polar surface area (TPSA) is 88.7 Å². The normalized spacial score (nSPS) is 9.96. The number of nitrogens with one attached hydrogen (secondary N) is 3. The molecule has 0 radical (unpaired) electrons. The maximum Gasteiger partial charge on any atom is 0.319 e. The highest BCUT2D eigenvalue weighted by molar-refractivity contribution is 5.92.